The van der Waals surface area contributed by atoms with Gasteiger partial charge >= 0.3 is 0 Å². The molecule has 104 valence electrons. The minimum absolute atomic E-state index is 0.147. The molecule has 0 aliphatic carbocycles. The zero-order chi connectivity index (χ0) is 13.5. The molecule has 2 heterocycles. The number of hydrogen-bond acceptors (Lipinski definition) is 3. The summed E-state index contributed by atoms with van der Waals surface area (Å²) in [5, 5.41) is 3.42. The van der Waals surface area contributed by atoms with Crippen molar-refractivity contribution < 1.29 is 9.13 Å². The minimum Gasteiger partial charge on any atom is -0.488 e. The van der Waals surface area contributed by atoms with Gasteiger partial charge < -0.3 is 10.1 Å². The summed E-state index contributed by atoms with van der Waals surface area (Å²) in [6, 6.07) is 4.81. The van der Waals surface area contributed by atoms with E-state index in [1.165, 1.54) is 6.07 Å². The van der Waals surface area contributed by atoms with Crippen LogP contribution in [0.3, 0.4) is 0 Å². The molecule has 2 aliphatic heterocycles. The number of fused-ring (bicyclic) bond motifs is 1. The van der Waals surface area contributed by atoms with E-state index in [1.54, 1.807) is 12.1 Å². The summed E-state index contributed by atoms with van der Waals surface area (Å²) in [6.07, 6.45) is 0.960. The molecular formula is C15H21FN2O. The van der Waals surface area contributed by atoms with Crippen molar-refractivity contribution in [1.29, 1.82) is 0 Å². The van der Waals surface area contributed by atoms with Crippen molar-refractivity contribution in [3.63, 3.8) is 0 Å². The number of hydrogen-bond donors (Lipinski definition) is 1. The highest BCUT2D eigenvalue weighted by Gasteiger charge is 2.33. The van der Waals surface area contributed by atoms with Crippen molar-refractivity contribution in [2.45, 2.75) is 31.9 Å². The van der Waals surface area contributed by atoms with Crippen LogP contribution in [-0.2, 0) is 6.42 Å². The van der Waals surface area contributed by atoms with E-state index in [4.69, 9.17) is 4.74 Å². The lowest BCUT2D eigenvalue weighted by Crippen LogP contribution is -2.59. The third kappa shape index (κ3) is 2.60. The molecule has 0 aromatic heterocycles. The van der Waals surface area contributed by atoms with Gasteiger partial charge in [-0.1, -0.05) is 0 Å². The number of nitrogens with one attached hydrogen (secondary N) is 1. The van der Waals surface area contributed by atoms with Gasteiger partial charge in [0.25, 0.3) is 0 Å². The Kier molecular flexibility index (Phi) is 3.23. The van der Waals surface area contributed by atoms with E-state index in [0.717, 1.165) is 43.9 Å². The number of benzene rings is 1. The quantitative estimate of drug-likeness (QED) is 0.881. The third-order valence-electron chi connectivity index (χ3n) is 4.16. The third-order valence-corrected chi connectivity index (χ3v) is 4.16. The molecule has 1 aromatic carbocycles. The highest BCUT2D eigenvalue weighted by atomic mass is 19.1. The smallest absolute Gasteiger partial charge is 0.123 e. The Morgan fingerprint density at radius 2 is 2.32 bits per heavy atom. The average molecular weight is 264 g/mol. The first-order valence-corrected chi connectivity index (χ1v) is 6.95. The van der Waals surface area contributed by atoms with Crippen molar-refractivity contribution in [2.24, 2.45) is 0 Å². The van der Waals surface area contributed by atoms with Gasteiger partial charge in [-0.25, -0.2) is 4.39 Å². The Balaban J connectivity index is 1.67. The van der Waals surface area contributed by atoms with Gasteiger partial charge in [-0.3, -0.25) is 4.90 Å². The largest absolute Gasteiger partial charge is 0.488 e. The van der Waals surface area contributed by atoms with E-state index < -0.39 is 0 Å². The second-order valence-corrected chi connectivity index (χ2v) is 6.13. The highest BCUT2D eigenvalue weighted by Crippen LogP contribution is 2.30. The molecule has 0 bridgehead atoms. The van der Waals surface area contributed by atoms with Crippen molar-refractivity contribution >= 4 is 0 Å². The van der Waals surface area contributed by atoms with Crippen molar-refractivity contribution in [3.05, 3.63) is 29.6 Å². The molecule has 0 spiro atoms. The van der Waals surface area contributed by atoms with Crippen molar-refractivity contribution in [1.82, 2.24) is 10.2 Å². The SMILES string of the molecule is CC1(C)CNCCN1CC1Cc2cc(F)ccc2O1. The Bertz CT molecular complexity index is 475. The number of piperazine rings is 1. The van der Waals surface area contributed by atoms with Crippen molar-refractivity contribution in [3.8, 4) is 5.75 Å². The summed E-state index contributed by atoms with van der Waals surface area (Å²) in [4.78, 5) is 2.47. The molecule has 1 saturated heterocycles. The molecule has 4 heteroatoms. The van der Waals surface area contributed by atoms with E-state index in [1.807, 2.05) is 0 Å². The van der Waals surface area contributed by atoms with Crippen molar-refractivity contribution in [2.75, 3.05) is 26.2 Å². The van der Waals surface area contributed by atoms with Gasteiger partial charge in [0.1, 0.15) is 17.7 Å². The number of ether oxygens (including phenoxy) is 1. The van der Waals surface area contributed by atoms with E-state index in [9.17, 15) is 4.39 Å². The summed E-state index contributed by atoms with van der Waals surface area (Å²) < 4.78 is 19.1. The van der Waals surface area contributed by atoms with Gasteiger partial charge in [0.15, 0.2) is 0 Å². The maximum atomic E-state index is 13.2. The molecule has 1 fully saturated rings. The van der Waals surface area contributed by atoms with Gasteiger partial charge in [-0.05, 0) is 32.0 Å². The summed E-state index contributed by atoms with van der Waals surface area (Å²) in [7, 11) is 0. The fourth-order valence-corrected chi connectivity index (χ4v) is 3.00. The van der Waals surface area contributed by atoms with E-state index in [-0.39, 0.29) is 17.5 Å². The van der Waals surface area contributed by atoms with E-state index >= 15 is 0 Å². The normalized spacial score (nSPS) is 25.9. The lowest BCUT2D eigenvalue weighted by atomic mass is 9.99. The van der Waals surface area contributed by atoms with Crippen LogP contribution in [0, 0.1) is 5.82 Å². The Hall–Kier alpha value is -1.13. The number of rotatable bonds is 2. The standard InChI is InChI=1S/C15H21FN2O/c1-15(2)10-17-5-6-18(15)9-13-8-11-7-12(16)3-4-14(11)19-13/h3-4,7,13,17H,5-6,8-10H2,1-2H3. The summed E-state index contributed by atoms with van der Waals surface area (Å²) >= 11 is 0. The summed E-state index contributed by atoms with van der Waals surface area (Å²) in [6.45, 7) is 8.48. The van der Waals surface area contributed by atoms with Crippen LogP contribution in [0.4, 0.5) is 4.39 Å². The monoisotopic (exact) mass is 264 g/mol. The van der Waals surface area contributed by atoms with Crippen LogP contribution in [0.5, 0.6) is 5.75 Å². The molecule has 19 heavy (non-hydrogen) atoms. The van der Waals surface area contributed by atoms with Crippen LogP contribution in [0.1, 0.15) is 19.4 Å². The van der Waals surface area contributed by atoms with Gasteiger partial charge in [0, 0.05) is 43.7 Å². The first-order valence-electron chi connectivity index (χ1n) is 6.95. The first-order chi connectivity index (χ1) is 9.04. The van der Waals surface area contributed by atoms with Crippen LogP contribution in [0.15, 0.2) is 18.2 Å². The molecule has 0 amide bonds. The second-order valence-electron chi connectivity index (χ2n) is 6.13. The Morgan fingerprint density at radius 1 is 1.47 bits per heavy atom. The molecule has 0 saturated carbocycles. The summed E-state index contributed by atoms with van der Waals surface area (Å²) in [5.74, 6) is 0.671. The van der Waals surface area contributed by atoms with E-state index in [0.29, 0.717) is 0 Å². The van der Waals surface area contributed by atoms with Gasteiger partial charge in [0.05, 0.1) is 0 Å². The van der Waals surface area contributed by atoms with Crippen LogP contribution in [-0.4, -0.2) is 42.7 Å². The fourth-order valence-electron chi connectivity index (χ4n) is 3.00. The molecular weight excluding hydrogens is 243 g/mol. The van der Waals surface area contributed by atoms with Crippen LogP contribution >= 0.6 is 0 Å². The van der Waals surface area contributed by atoms with Gasteiger partial charge in [-0.15, -0.1) is 0 Å². The molecule has 3 rings (SSSR count). The lowest BCUT2D eigenvalue weighted by molar-refractivity contribution is 0.0507. The molecule has 1 unspecified atom stereocenters. The van der Waals surface area contributed by atoms with Crippen LogP contribution < -0.4 is 10.1 Å². The molecule has 1 aromatic rings. The number of nitrogens with zero attached hydrogens (tertiary/aromatic N) is 1. The maximum Gasteiger partial charge on any atom is 0.123 e. The Morgan fingerprint density at radius 3 is 3.11 bits per heavy atom. The summed E-state index contributed by atoms with van der Waals surface area (Å²) in [5.41, 5.74) is 1.15. The fraction of sp³-hybridized carbons (Fsp3) is 0.600. The van der Waals surface area contributed by atoms with Gasteiger partial charge in [-0.2, -0.15) is 0 Å². The predicted octanol–water partition coefficient (Wildman–Crippen LogP) is 1.81. The molecule has 3 nitrogen and oxygen atoms in total. The zero-order valence-corrected chi connectivity index (χ0v) is 11.6. The molecule has 1 atom stereocenters. The van der Waals surface area contributed by atoms with Crippen LogP contribution in [0.25, 0.3) is 0 Å². The highest BCUT2D eigenvalue weighted by molar-refractivity contribution is 5.38. The van der Waals surface area contributed by atoms with E-state index in [2.05, 4.69) is 24.1 Å². The molecule has 0 radical (unpaired) electrons. The maximum absolute atomic E-state index is 13.2. The van der Waals surface area contributed by atoms with Gasteiger partial charge in [0.2, 0.25) is 0 Å². The topological polar surface area (TPSA) is 24.5 Å². The first kappa shape index (κ1) is 12.9. The molecule has 1 N–H and O–H groups in total. The second kappa shape index (κ2) is 4.76. The number of halogens is 1. The minimum atomic E-state index is -0.175. The Labute approximate surface area is 113 Å². The predicted molar refractivity (Wildman–Crippen MR) is 73.0 cm³/mol. The average Bonchev–Trinajstić information content (AvgIpc) is 2.73. The molecule has 2 aliphatic rings. The lowest BCUT2D eigenvalue weighted by Gasteiger charge is -2.43. The zero-order valence-electron chi connectivity index (χ0n) is 11.6. The van der Waals surface area contributed by atoms with Crippen LogP contribution in [0.2, 0.25) is 0 Å².